The lowest BCUT2D eigenvalue weighted by Crippen LogP contribution is -2.35. The predicted molar refractivity (Wildman–Crippen MR) is 44.7 cm³/mol. The van der Waals surface area contributed by atoms with Crippen molar-refractivity contribution in [3.8, 4) is 0 Å². The normalized spacial score (nSPS) is 13.6. The van der Waals surface area contributed by atoms with Gasteiger partial charge in [-0.15, -0.1) is 0 Å². The van der Waals surface area contributed by atoms with Crippen LogP contribution in [0, 0.1) is 5.92 Å². The summed E-state index contributed by atoms with van der Waals surface area (Å²) in [7, 11) is 0. The van der Waals surface area contributed by atoms with Crippen LogP contribution in [-0.4, -0.2) is 28.7 Å². The molecule has 70 valence electrons. The summed E-state index contributed by atoms with van der Waals surface area (Å²) in [6.45, 7) is 3.92. The molecule has 0 fully saturated rings. The second-order valence-corrected chi connectivity index (χ2v) is 2.95. The fraction of sp³-hybridized carbons (Fsp3) is 0.714. The van der Waals surface area contributed by atoms with Crippen molar-refractivity contribution in [3.63, 3.8) is 0 Å². The Morgan fingerprint density at radius 2 is 2.25 bits per heavy atom. The summed E-state index contributed by atoms with van der Waals surface area (Å²) in [6.07, 6.45) is 0.686. The highest BCUT2D eigenvalue weighted by Gasteiger charge is 2.10. The van der Waals surface area contributed by atoms with Crippen molar-refractivity contribution in [1.82, 2.24) is 5.32 Å². The van der Waals surface area contributed by atoms with E-state index in [0.29, 0.717) is 12.3 Å². The first-order valence-electron chi connectivity index (χ1n) is 3.73. The van der Waals surface area contributed by atoms with Crippen LogP contribution in [0.2, 0.25) is 0 Å². The Morgan fingerprint density at radius 3 is 2.58 bits per heavy atom. The maximum atomic E-state index is 10.2. The lowest BCUT2D eigenvalue weighted by molar-refractivity contribution is 0.191. The second-order valence-electron chi connectivity index (χ2n) is 2.95. The highest BCUT2D eigenvalue weighted by Crippen LogP contribution is 2.02. The SMILES string of the molecule is CC(C)CC(C=NO)NC(=O)O. The molecule has 0 aliphatic carbocycles. The van der Waals surface area contributed by atoms with Crippen molar-refractivity contribution < 1.29 is 15.1 Å². The lowest BCUT2D eigenvalue weighted by Gasteiger charge is -2.13. The van der Waals surface area contributed by atoms with Crippen LogP contribution in [0.4, 0.5) is 4.79 Å². The molecule has 0 saturated carbocycles. The van der Waals surface area contributed by atoms with Crippen molar-refractivity contribution in [1.29, 1.82) is 0 Å². The third-order valence-electron chi connectivity index (χ3n) is 1.28. The number of carboxylic acid groups (broad SMARTS) is 1. The van der Waals surface area contributed by atoms with Gasteiger partial charge in [0.2, 0.25) is 0 Å². The fourth-order valence-electron chi connectivity index (χ4n) is 0.904. The van der Waals surface area contributed by atoms with E-state index >= 15 is 0 Å². The van der Waals surface area contributed by atoms with Crippen molar-refractivity contribution in [2.24, 2.45) is 11.1 Å². The number of oxime groups is 1. The van der Waals surface area contributed by atoms with E-state index in [1.54, 1.807) is 0 Å². The first-order valence-corrected chi connectivity index (χ1v) is 3.73. The van der Waals surface area contributed by atoms with Crippen molar-refractivity contribution in [3.05, 3.63) is 0 Å². The minimum absolute atomic E-state index is 0.347. The Morgan fingerprint density at radius 1 is 1.67 bits per heavy atom. The molecule has 5 heteroatoms. The topological polar surface area (TPSA) is 81.9 Å². The molecule has 0 aromatic heterocycles. The van der Waals surface area contributed by atoms with Crippen LogP contribution >= 0.6 is 0 Å². The molecule has 5 nitrogen and oxygen atoms in total. The van der Waals surface area contributed by atoms with Gasteiger partial charge in [0.05, 0.1) is 12.3 Å². The van der Waals surface area contributed by atoms with Gasteiger partial charge in [-0.2, -0.15) is 0 Å². The average molecular weight is 174 g/mol. The van der Waals surface area contributed by atoms with Gasteiger partial charge in [0.1, 0.15) is 0 Å². The largest absolute Gasteiger partial charge is 0.465 e. The van der Waals surface area contributed by atoms with Crippen LogP contribution in [0.3, 0.4) is 0 Å². The zero-order chi connectivity index (χ0) is 9.56. The van der Waals surface area contributed by atoms with Crippen LogP contribution in [0.5, 0.6) is 0 Å². The van der Waals surface area contributed by atoms with Gasteiger partial charge >= 0.3 is 6.09 Å². The summed E-state index contributed by atoms with van der Waals surface area (Å²) in [4.78, 5) is 10.2. The minimum atomic E-state index is -1.11. The summed E-state index contributed by atoms with van der Waals surface area (Å²) in [5.41, 5.74) is 0. The van der Waals surface area contributed by atoms with E-state index in [0.717, 1.165) is 0 Å². The summed E-state index contributed by atoms with van der Waals surface area (Å²) < 4.78 is 0. The molecule has 1 amide bonds. The maximum absolute atomic E-state index is 10.2. The Bertz CT molecular complexity index is 168. The summed E-state index contributed by atoms with van der Waals surface area (Å²) >= 11 is 0. The molecule has 1 atom stereocenters. The number of rotatable bonds is 4. The molecular weight excluding hydrogens is 160 g/mol. The molecule has 0 aromatic carbocycles. The number of nitrogens with zero attached hydrogens (tertiary/aromatic N) is 1. The number of nitrogens with one attached hydrogen (secondary N) is 1. The number of hydrogen-bond acceptors (Lipinski definition) is 3. The maximum Gasteiger partial charge on any atom is 0.405 e. The molecule has 1 unspecified atom stereocenters. The zero-order valence-corrected chi connectivity index (χ0v) is 7.19. The fourth-order valence-corrected chi connectivity index (χ4v) is 0.904. The van der Waals surface area contributed by atoms with Gasteiger partial charge in [-0.05, 0) is 12.3 Å². The molecule has 0 bridgehead atoms. The lowest BCUT2D eigenvalue weighted by atomic mass is 10.1. The van der Waals surface area contributed by atoms with Gasteiger partial charge < -0.3 is 15.6 Å². The summed E-state index contributed by atoms with van der Waals surface area (Å²) in [5, 5.41) is 21.6. The molecule has 0 spiro atoms. The zero-order valence-electron chi connectivity index (χ0n) is 7.19. The number of carbonyl (C=O) groups is 1. The first kappa shape index (κ1) is 10.7. The summed E-state index contributed by atoms with van der Waals surface area (Å²) in [5.74, 6) is 0.347. The quantitative estimate of drug-likeness (QED) is 0.339. The van der Waals surface area contributed by atoms with E-state index in [-0.39, 0.29) is 0 Å². The van der Waals surface area contributed by atoms with Crippen LogP contribution in [0.15, 0.2) is 5.16 Å². The van der Waals surface area contributed by atoms with Crippen molar-refractivity contribution in [2.45, 2.75) is 26.3 Å². The van der Waals surface area contributed by atoms with Gasteiger partial charge in [0.25, 0.3) is 0 Å². The number of amides is 1. The first-order chi connectivity index (χ1) is 5.56. The van der Waals surface area contributed by atoms with Gasteiger partial charge in [-0.1, -0.05) is 19.0 Å². The van der Waals surface area contributed by atoms with E-state index in [1.807, 2.05) is 13.8 Å². The monoisotopic (exact) mass is 174 g/mol. The highest BCUT2D eigenvalue weighted by atomic mass is 16.4. The van der Waals surface area contributed by atoms with Gasteiger partial charge in [0, 0.05) is 0 Å². The second kappa shape index (κ2) is 5.40. The third-order valence-corrected chi connectivity index (χ3v) is 1.28. The molecule has 0 rings (SSSR count). The smallest absolute Gasteiger partial charge is 0.405 e. The molecular formula is C7H14N2O3. The Balaban J connectivity index is 3.95. The molecule has 0 saturated heterocycles. The molecule has 0 aliphatic heterocycles. The average Bonchev–Trinajstić information content (AvgIpc) is 1.84. The van der Waals surface area contributed by atoms with Crippen LogP contribution < -0.4 is 5.32 Å². The Hall–Kier alpha value is -1.26. The van der Waals surface area contributed by atoms with Crippen LogP contribution in [0.1, 0.15) is 20.3 Å². The third kappa shape index (κ3) is 5.52. The molecule has 3 N–H and O–H groups in total. The van der Waals surface area contributed by atoms with Gasteiger partial charge in [-0.25, -0.2) is 4.79 Å². The Kier molecular flexibility index (Phi) is 4.83. The molecule has 0 radical (unpaired) electrons. The molecule has 0 heterocycles. The van der Waals surface area contributed by atoms with Crippen LogP contribution in [-0.2, 0) is 0 Å². The predicted octanol–water partition coefficient (Wildman–Crippen LogP) is 1.13. The molecule has 12 heavy (non-hydrogen) atoms. The van der Waals surface area contributed by atoms with E-state index in [2.05, 4.69) is 10.5 Å². The summed E-state index contributed by atoms with van der Waals surface area (Å²) in [6, 6.07) is -0.410. The van der Waals surface area contributed by atoms with Crippen LogP contribution in [0.25, 0.3) is 0 Å². The minimum Gasteiger partial charge on any atom is -0.465 e. The van der Waals surface area contributed by atoms with Crippen molar-refractivity contribution >= 4 is 12.3 Å². The van der Waals surface area contributed by atoms with E-state index in [1.165, 1.54) is 6.21 Å². The van der Waals surface area contributed by atoms with E-state index in [9.17, 15) is 4.79 Å². The van der Waals surface area contributed by atoms with Gasteiger partial charge in [0.15, 0.2) is 0 Å². The van der Waals surface area contributed by atoms with E-state index < -0.39 is 12.1 Å². The highest BCUT2D eigenvalue weighted by molar-refractivity contribution is 5.73. The van der Waals surface area contributed by atoms with E-state index in [4.69, 9.17) is 10.3 Å². The number of hydrogen-bond donors (Lipinski definition) is 3. The van der Waals surface area contributed by atoms with Gasteiger partial charge in [-0.3, -0.25) is 0 Å². The Labute approximate surface area is 71.1 Å². The van der Waals surface area contributed by atoms with Crippen molar-refractivity contribution in [2.75, 3.05) is 0 Å². The molecule has 0 aromatic rings. The standard InChI is InChI=1S/C7H14N2O3/c1-5(2)3-6(4-8-12)9-7(10)11/h4-6,9,12H,3H2,1-2H3,(H,10,11). The molecule has 0 aliphatic rings.